The Labute approximate surface area is 105 Å². The maximum absolute atomic E-state index is 13.3. The van der Waals surface area contributed by atoms with Crippen LogP contribution in [0.5, 0.6) is 11.5 Å². The van der Waals surface area contributed by atoms with Gasteiger partial charge in [0.2, 0.25) is 0 Å². The van der Waals surface area contributed by atoms with Crippen molar-refractivity contribution in [3.8, 4) is 11.5 Å². The Bertz CT molecular complexity index is 502. The molecule has 0 spiro atoms. The minimum atomic E-state index is -0.406. The van der Waals surface area contributed by atoms with Crippen molar-refractivity contribution >= 4 is 0 Å². The molecule has 0 bridgehead atoms. The van der Waals surface area contributed by atoms with Crippen LogP contribution in [0.1, 0.15) is 5.82 Å². The smallest absolute Gasteiger partial charge is 0.165 e. The number of aromatic nitrogens is 2. The molecule has 0 aliphatic rings. The SMILES string of the molecule is CNCCc1ncc(Oc2ccccc2F)cn1. The lowest BCUT2D eigenvalue weighted by Crippen LogP contribution is -2.12. The molecule has 1 heterocycles. The minimum Gasteiger partial charge on any atom is -0.451 e. The lowest BCUT2D eigenvalue weighted by atomic mass is 10.3. The van der Waals surface area contributed by atoms with E-state index in [4.69, 9.17) is 4.74 Å². The molecule has 0 unspecified atom stereocenters. The molecular formula is C13H14FN3O. The molecule has 0 radical (unpaired) electrons. The zero-order valence-corrected chi connectivity index (χ0v) is 10.1. The largest absolute Gasteiger partial charge is 0.451 e. The zero-order chi connectivity index (χ0) is 12.8. The van der Waals surface area contributed by atoms with Gasteiger partial charge in [0.25, 0.3) is 0 Å². The second kappa shape index (κ2) is 6.07. The standard InChI is InChI=1S/C13H14FN3O/c1-15-7-6-13-16-8-10(9-17-13)18-12-5-3-2-4-11(12)14/h2-5,8-9,15H,6-7H2,1H3. The summed E-state index contributed by atoms with van der Waals surface area (Å²) in [6, 6.07) is 6.22. The number of nitrogens with one attached hydrogen (secondary N) is 1. The quantitative estimate of drug-likeness (QED) is 0.879. The fourth-order valence-corrected chi connectivity index (χ4v) is 1.42. The van der Waals surface area contributed by atoms with E-state index < -0.39 is 5.82 Å². The fourth-order valence-electron chi connectivity index (χ4n) is 1.42. The number of hydrogen-bond donors (Lipinski definition) is 1. The number of benzene rings is 1. The molecule has 5 heteroatoms. The second-order valence-corrected chi connectivity index (χ2v) is 3.72. The van der Waals surface area contributed by atoms with Crippen LogP contribution in [-0.4, -0.2) is 23.6 Å². The Morgan fingerprint density at radius 3 is 2.61 bits per heavy atom. The van der Waals surface area contributed by atoms with Gasteiger partial charge in [-0.2, -0.15) is 0 Å². The molecule has 0 aliphatic heterocycles. The topological polar surface area (TPSA) is 47.0 Å². The highest BCUT2D eigenvalue weighted by molar-refractivity contribution is 5.29. The molecule has 2 aromatic rings. The van der Waals surface area contributed by atoms with Gasteiger partial charge < -0.3 is 10.1 Å². The van der Waals surface area contributed by atoms with Gasteiger partial charge in [-0.25, -0.2) is 14.4 Å². The highest BCUT2D eigenvalue weighted by atomic mass is 19.1. The van der Waals surface area contributed by atoms with Gasteiger partial charge in [0.15, 0.2) is 17.3 Å². The zero-order valence-electron chi connectivity index (χ0n) is 10.1. The third-order valence-corrected chi connectivity index (χ3v) is 2.34. The van der Waals surface area contributed by atoms with Crippen molar-refractivity contribution in [2.75, 3.05) is 13.6 Å². The molecular weight excluding hydrogens is 233 g/mol. The van der Waals surface area contributed by atoms with E-state index in [1.807, 2.05) is 7.05 Å². The van der Waals surface area contributed by atoms with Gasteiger partial charge in [-0.15, -0.1) is 0 Å². The molecule has 18 heavy (non-hydrogen) atoms. The number of para-hydroxylation sites is 1. The monoisotopic (exact) mass is 247 g/mol. The molecule has 1 aromatic carbocycles. The highest BCUT2D eigenvalue weighted by Crippen LogP contribution is 2.22. The third kappa shape index (κ3) is 3.24. The molecule has 1 aromatic heterocycles. The molecule has 0 atom stereocenters. The average Bonchev–Trinajstić information content (AvgIpc) is 2.41. The van der Waals surface area contributed by atoms with Crippen molar-refractivity contribution in [2.24, 2.45) is 0 Å². The first-order valence-electron chi connectivity index (χ1n) is 5.67. The summed E-state index contributed by atoms with van der Waals surface area (Å²) in [6.07, 6.45) is 3.84. The number of nitrogens with zero attached hydrogens (tertiary/aromatic N) is 2. The number of ether oxygens (including phenoxy) is 1. The molecule has 0 amide bonds. The lowest BCUT2D eigenvalue weighted by molar-refractivity contribution is 0.438. The van der Waals surface area contributed by atoms with Crippen LogP contribution < -0.4 is 10.1 Å². The number of likely N-dealkylation sites (N-methyl/N-ethyl adjacent to an activating group) is 1. The molecule has 2 rings (SSSR count). The van der Waals surface area contributed by atoms with Crippen LogP contribution >= 0.6 is 0 Å². The molecule has 0 saturated carbocycles. The minimum absolute atomic E-state index is 0.170. The maximum atomic E-state index is 13.3. The number of halogens is 1. The van der Waals surface area contributed by atoms with Gasteiger partial charge in [0, 0.05) is 13.0 Å². The van der Waals surface area contributed by atoms with E-state index in [0.29, 0.717) is 5.75 Å². The Kier molecular flexibility index (Phi) is 4.20. The van der Waals surface area contributed by atoms with E-state index in [1.165, 1.54) is 6.07 Å². The van der Waals surface area contributed by atoms with Crippen LogP contribution in [0, 0.1) is 5.82 Å². The van der Waals surface area contributed by atoms with E-state index in [0.717, 1.165) is 18.8 Å². The summed E-state index contributed by atoms with van der Waals surface area (Å²) in [6.45, 7) is 0.813. The van der Waals surface area contributed by atoms with Crippen LogP contribution in [0.2, 0.25) is 0 Å². The van der Waals surface area contributed by atoms with E-state index in [9.17, 15) is 4.39 Å². The van der Waals surface area contributed by atoms with E-state index in [2.05, 4.69) is 15.3 Å². The highest BCUT2D eigenvalue weighted by Gasteiger charge is 2.04. The van der Waals surface area contributed by atoms with Crippen LogP contribution in [0.25, 0.3) is 0 Å². The molecule has 0 fully saturated rings. The van der Waals surface area contributed by atoms with E-state index >= 15 is 0 Å². The first kappa shape index (κ1) is 12.4. The summed E-state index contributed by atoms with van der Waals surface area (Å²) in [4.78, 5) is 8.29. The predicted molar refractivity (Wildman–Crippen MR) is 66.1 cm³/mol. The lowest BCUT2D eigenvalue weighted by Gasteiger charge is -2.06. The first-order valence-corrected chi connectivity index (χ1v) is 5.67. The molecule has 94 valence electrons. The Balaban J connectivity index is 2.04. The second-order valence-electron chi connectivity index (χ2n) is 3.72. The normalized spacial score (nSPS) is 10.3. The summed E-state index contributed by atoms with van der Waals surface area (Å²) < 4.78 is 18.7. The summed E-state index contributed by atoms with van der Waals surface area (Å²) in [5.74, 6) is 0.916. The van der Waals surface area contributed by atoms with Crippen LogP contribution in [-0.2, 0) is 6.42 Å². The Morgan fingerprint density at radius 2 is 1.94 bits per heavy atom. The van der Waals surface area contributed by atoms with Crippen molar-refractivity contribution in [2.45, 2.75) is 6.42 Å². The van der Waals surface area contributed by atoms with Crippen molar-refractivity contribution in [1.82, 2.24) is 15.3 Å². The Hall–Kier alpha value is -2.01. The summed E-state index contributed by atoms with van der Waals surface area (Å²) in [5.41, 5.74) is 0. The number of hydrogen-bond acceptors (Lipinski definition) is 4. The van der Waals surface area contributed by atoms with Gasteiger partial charge in [0.1, 0.15) is 5.82 Å². The maximum Gasteiger partial charge on any atom is 0.165 e. The Morgan fingerprint density at radius 1 is 1.22 bits per heavy atom. The van der Waals surface area contributed by atoms with Crippen molar-refractivity contribution in [3.05, 3.63) is 48.3 Å². The molecule has 1 N–H and O–H groups in total. The first-order chi connectivity index (χ1) is 8.79. The van der Waals surface area contributed by atoms with Crippen molar-refractivity contribution < 1.29 is 9.13 Å². The van der Waals surface area contributed by atoms with E-state index in [1.54, 1.807) is 30.6 Å². The summed E-state index contributed by atoms with van der Waals surface area (Å²) in [5, 5.41) is 3.02. The number of rotatable bonds is 5. The van der Waals surface area contributed by atoms with Crippen molar-refractivity contribution in [3.63, 3.8) is 0 Å². The van der Waals surface area contributed by atoms with Gasteiger partial charge in [-0.05, 0) is 19.2 Å². The van der Waals surface area contributed by atoms with Gasteiger partial charge >= 0.3 is 0 Å². The fraction of sp³-hybridized carbons (Fsp3) is 0.231. The van der Waals surface area contributed by atoms with Crippen LogP contribution in [0.3, 0.4) is 0 Å². The third-order valence-electron chi connectivity index (χ3n) is 2.34. The van der Waals surface area contributed by atoms with Crippen molar-refractivity contribution in [1.29, 1.82) is 0 Å². The molecule has 0 saturated heterocycles. The predicted octanol–water partition coefficient (Wildman–Crippen LogP) is 2.17. The van der Waals surface area contributed by atoms with Crippen LogP contribution in [0.15, 0.2) is 36.7 Å². The summed E-state index contributed by atoms with van der Waals surface area (Å²) in [7, 11) is 1.87. The van der Waals surface area contributed by atoms with Gasteiger partial charge in [-0.3, -0.25) is 0 Å². The molecule has 0 aliphatic carbocycles. The van der Waals surface area contributed by atoms with Gasteiger partial charge in [0.05, 0.1) is 12.4 Å². The van der Waals surface area contributed by atoms with Crippen LogP contribution in [0.4, 0.5) is 4.39 Å². The van der Waals surface area contributed by atoms with Gasteiger partial charge in [-0.1, -0.05) is 12.1 Å². The molecule has 4 nitrogen and oxygen atoms in total. The van der Waals surface area contributed by atoms with E-state index in [-0.39, 0.29) is 5.75 Å². The summed E-state index contributed by atoms with van der Waals surface area (Å²) >= 11 is 0. The average molecular weight is 247 g/mol.